The summed E-state index contributed by atoms with van der Waals surface area (Å²) in [6, 6.07) is 0. The zero-order chi connectivity index (χ0) is 15.3. The third-order valence-corrected chi connectivity index (χ3v) is 2.94. The van der Waals surface area contributed by atoms with Gasteiger partial charge in [0.15, 0.2) is 0 Å². The van der Waals surface area contributed by atoms with Crippen LogP contribution in [0.2, 0.25) is 0 Å². The summed E-state index contributed by atoms with van der Waals surface area (Å²) in [5, 5.41) is 6.56. The lowest BCUT2D eigenvalue weighted by atomic mass is 10.3. The van der Waals surface area contributed by atoms with Gasteiger partial charge in [-0.15, -0.1) is 0 Å². The first-order valence-electron chi connectivity index (χ1n) is 7.66. The molecule has 6 heteroatoms. The Morgan fingerprint density at radius 1 is 1.10 bits per heavy atom. The second-order valence-electron chi connectivity index (χ2n) is 4.89. The Hall–Kier alpha value is -1.40. The number of rotatable bonds is 12. The van der Waals surface area contributed by atoms with Gasteiger partial charge in [-0.1, -0.05) is 6.92 Å². The number of unbranched alkanes of at least 4 members (excludes halogenated alkanes) is 1. The normalized spacial score (nSPS) is 10.6. The highest BCUT2D eigenvalue weighted by Crippen LogP contribution is 2.12. The van der Waals surface area contributed by atoms with Crippen LogP contribution in [0.3, 0.4) is 0 Å². The first-order chi connectivity index (χ1) is 10.3. The molecule has 0 aliphatic rings. The minimum atomic E-state index is 0.659. The number of hydrogen-bond donors (Lipinski definition) is 2. The number of hydrogen-bond acceptors (Lipinski definition) is 6. The summed E-state index contributed by atoms with van der Waals surface area (Å²) in [7, 11) is 1.68. The van der Waals surface area contributed by atoms with Crippen molar-refractivity contribution in [1.82, 2.24) is 9.97 Å². The molecule has 1 rings (SSSR count). The number of nitrogens with one attached hydrogen (secondary N) is 2. The number of anilines is 2. The van der Waals surface area contributed by atoms with E-state index in [0.29, 0.717) is 19.2 Å². The number of ether oxygens (including phenoxy) is 2. The summed E-state index contributed by atoms with van der Waals surface area (Å²) >= 11 is 0. The zero-order valence-corrected chi connectivity index (χ0v) is 13.4. The van der Waals surface area contributed by atoms with E-state index in [2.05, 4.69) is 27.5 Å². The number of aryl methyl sites for hydroxylation is 1. The van der Waals surface area contributed by atoms with Gasteiger partial charge in [-0.2, -0.15) is 4.98 Å². The van der Waals surface area contributed by atoms with Crippen molar-refractivity contribution in [3.05, 3.63) is 11.8 Å². The van der Waals surface area contributed by atoms with E-state index in [1.165, 1.54) is 0 Å². The largest absolute Gasteiger partial charge is 0.382 e. The highest BCUT2D eigenvalue weighted by Gasteiger charge is 2.02. The van der Waals surface area contributed by atoms with Gasteiger partial charge in [-0.25, -0.2) is 4.98 Å². The van der Waals surface area contributed by atoms with Crippen LogP contribution in [0.1, 0.15) is 31.7 Å². The maximum absolute atomic E-state index is 5.43. The topological polar surface area (TPSA) is 68.3 Å². The fourth-order valence-corrected chi connectivity index (χ4v) is 1.72. The SMILES string of the molecule is CCCNc1ncc(C)c(NCCCCOCCOC)n1. The fourth-order valence-electron chi connectivity index (χ4n) is 1.72. The summed E-state index contributed by atoms with van der Waals surface area (Å²) in [6.45, 7) is 8.01. The molecule has 0 radical (unpaired) electrons. The van der Waals surface area contributed by atoms with Crippen molar-refractivity contribution in [2.24, 2.45) is 0 Å². The van der Waals surface area contributed by atoms with E-state index >= 15 is 0 Å². The van der Waals surface area contributed by atoms with Crippen molar-refractivity contribution in [2.45, 2.75) is 33.1 Å². The third-order valence-electron chi connectivity index (χ3n) is 2.94. The van der Waals surface area contributed by atoms with E-state index in [9.17, 15) is 0 Å². The molecule has 0 aliphatic heterocycles. The average molecular weight is 296 g/mol. The number of methoxy groups -OCH3 is 1. The monoisotopic (exact) mass is 296 g/mol. The van der Waals surface area contributed by atoms with Gasteiger partial charge in [-0.05, 0) is 26.2 Å². The first kappa shape index (κ1) is 17.7. The van der Waals surface area contributed by atoms with Crippen LogP contribution in [-0.2, 0) is 9.47 Å². The smallest absolute Gasteiger partial charge is 0.224 e. The van der Waals surface area contributed by atoms with Gasteiger partial charge in [0.25, 0.3) is 0 Å². The molecule has 0 saturated carbocycles. The lowest BCUT2D eigenvalue weighted by molar-refractivity contribution is 0.0691. The first-order valence-corrected chi connectivity index (χ1v) is 7.66. The van der Waals surface area contributed by atoms with Crippen LogP contribution in [0.4, 0.5) is 11.8 Å². The van der Waals surface area contributed by atoms with Crippen LogP contribution < -0.4 is 10.6 Å². The molecular formula is C15H28N4O2. The molecule has 1 aromatic heterocycles. The molecule has 0 aliphatic carbocycles. The van der Waals surface area contributed by atoms with Gasteiger partial charge in [0.1, 0.15) is 5.82 Å². The number of aromatic nitrogens is 2. The van der Waals surface area contributed by atoms with Crippen LogP contribution in [0.15, 0.2) is 6.20 Å². The predicted octanol–water partition coefficient (Wildman–Crippen LogP) is 2.46. The molecular weight excluding hydrogens is 268 g/mol. The van der Waals surface area contributed by atoms with Gasteiger partial charge in [0.05, 0.1) is 13.2 Å². The van der Waals surface area contributed by atoms with Gasteiger partial charge >= 0.3 is 0 Å². The standard InChI is InChI=1S/C15H28N4O2/c1-4-7-17-15-18-12-13(2)14(19-15)16-8-5-6-9-21-11-10-20-3/h12H,4-11H2,1-3H3,(H2,16,17,18,19). The van der Waals surface area contributed by atoms with Crippen molar-refractivity contribution in [2.75, 3.05) is 50.7 Å². The van der Waals surface area contributed by atoms with Crippen LogP contribution in [0.25, 0.3) is 0 Å². The molecule has 1 heterocycles. The van der Waals surface area contributed by atoms with E-state index in [4.69, 9.17) is 9.47 Å². The molecule has 0 saturated heterocycles. The molecule has 2 N–H and O–H groups in total. The van der Waals surface area contributed by atoms with Crippen molar-refractivity contribution in [1.29, 1.82) is 0 Å². The molecule has 0 spiro atoms. The van der Waals surface area contributed by atoms with Gasteiger partial charge < -0.3 is 20.1 Å². The Kier molecular flexibility index (Phi) is 9.48. The molecule has 0 fully saturated rings. The summed E-state index contributed by atoms with van der Waals surface area (Å²) in [5.41, 5.74) is 1.06. The fraction of sp³-hybridized carbons (Fsp3) is 0.733. The minimum Gasteiger partial charge on any atom is -0.382 e. The molecule has 0 unspecified atom stereocenters. The minimum absolute atomic E-state index is 0.659. The molecule has 0 aromatic carbocycles. The van der Waals surface area contributed by atoms with Crippen molar-refractivity contribution < 1.29 is 9.47 Å². The third kappa shape index (κ3) is 7.82. The molecule has 0 atom stereocenters. The highest BCUT2D eigenvalue weighted by molar-refractivity contribution is 5.46. The Morgan fingerprint density at radius 3 is 2.71 bits per heavy atom. The highest BCUT2D eigenvalue weighted by atomic mass is 16.5. The Morgan fingerprint density at radius 2 is 1.95 bits per heavy atom. The average Bonchev–Trinajstić information content (AvgIpc) is 2.50. The van der Waals surface area contributed by atoms with E-state index in [-0.39, 0.29) is 0 Å². The van der Waals surface area contributed by atoms with Crippen molar-refractivity contribution in [3.8, 4) is 0 Å². The van der Waals surface area contributed by atoms with Crippen LogP contribution >= 0.6 is 0 Å². The lowest BCUT2D eigenvalue weighted by Crippen LogP contribution is -2.10. The van der Waals surface area contributed by atoms with Crippen molar-refractivity contribution in [3.63, 3.8) is 0 Å². The zero-order valence-electron chi connectivity index (χ0n) is 13.4. The molecule has 0 amide bonds. The van der Waals surface area contributed by atoms with Crippen LogP contribution in [0, 0.1) is 6.92 Å². The van der Waals surface area contributed by atoms with E-state index < -0.39 is 0 Å². The van der Waals surface area contributed by atoms with Gasteiger partial charge in [0, 0.05) is 38.6 Å². The van der Waals surface area contributed by atoms with Crippen LogP contribution in [0.5, 0.6) is 0 Å². The molecule has 120 valence electrons. The Labute approximate surface area is 127 Å². The maximum atomic E-state index is 5.43. The molecule has 1 aromatic rings. The molecule has 0 bridgehead atoms. The van der Waals surface area contributed by atoms with E-state index in [1.54, 1.807) is 7.11 Å². The Bertz CT molecular complexity index is 388. The van der Waals surface area contributed by atoms with Crippen molar-refractivity contribution >= 4 is 11.8 Å². The van der Waals surface area contributed by atoms with E-state index in [1.807, 2.05) is 13.1 Å². The second-order valence-corrected chi connectivity index (χ2v) is 4.89. The van der Waals surface area contributed by atoms with E-state index in [0.717, 1.165) is 50.3 Å². The van der Waals surface area contributed by atoms with Gasteiger partial charge in [-0.3, -0.25) is 0 Å². The van der Waals surface area contributed by atoms with Gasteiger partial charge in [0.2, 0.25) is 5.95 Å². The summed E-state index contributed by atoms with van der Waals surface area (Å²) in [6.07, 6.45) is 4.99. The number of nitrogens with zero attached hydrogens (tertiary/aromatic N) is 2. The Balaban J connectivity index is 2.21. The van der Waals surface area contributed by atoms with Crippen LogP contribution in [-0.4, -0.2) is 50.0 Å². The predicted molar refractivity (Wildman–Crippen MR) is 86.0 cm³/mol. The maximum Gasteiger partial charge on any atom is 0.224 e. The quantitative estimate of drug-likeness (QED) is 0.578. The summed E-state index contributed by atoms with van der Waals surface area (Å²) in [4.78, 5) is 8.76. The summed E-state index contributed by atoms with van der Waals surface area (Å²) < 4.78 is 10.3. The molecule has 6 nitrogen and oxygen atoms in total. The summed E-state index contributed by atoms with van der Waals surface area (Å²) in [5.74, 6) is 1.59. The lowest BCUT2D eigenvalue weighted by Gasteiger charge is -2.10. The molecule has 21 heavy (non-hydrogen) atoms. The second kappa shape index (κ2) is 11.3.